The van der Waals surface area contributed by atoms with Crippen molar-refractivity contribution in [1.29, 1.82) is 5.26 Å². The summed E-state index contributed by atoms with van der Waals surface area (Å²) in [6, 6.07) is 8.85. The second-order valence-electron chi connectivity index (χ2n) is 5.06. The van der Waals surface area contributed by atoms with E-state index in [0.717, 1.165) is 23.4 Å². The summed E-state index contributed by atoms with van der Waals surface area (Å²) in [5.74, 6) is 0. The number of anilines is 1. The Labute approximate surface area is 109 Å². The van der Waals surface area contributed by atoms with Gasteiger partial charge < -0.3 is 10.6 Å². The molecule has 96 valence electrons. The summed E-state index contributed by atoms with van der Waals surface area (Å²) in [4.78, 5) is 2.38. The first-order valence-electron chi connectivity index (χ1n) is 6.76. The summed E-state index contributed by atoms with van der Waals surface area (Å²) in [5, 5.41) is 9.31. The minimum atomic E-state index is 0.491. The molecule has 0 saturated carbocycles. The lowest BCUT2D eigenvalue weighted by Gasteiger charge is -2.30. The topological polar surface area (TPSA) is 53.0 Å². The van der Waals surface area contributed by atoms with Gasteiger partial charge in [0.1, 0.15) is 6.07 Å². The van der Waals surface area contributed by atoms with Gasteiger partial charge in [-0.05, 0) is 37.5 Å². The first-order valence-corrected chi connectivity index (χ1v) is 6.76. The van der Waals surface area contributed by atoms with Gasteiger partial charge in [-0.1, -0.05) is 18.9 Å². The highest BCUT2D eigenvalue weighted by Crippen LogP contribution is 2.27. The molecule has 0 radical (unpaired) electrons. The van der Waals surface area contributed by atoms with E-state index in [1.54, 1.807) is 0 Å². The van der Waals surface area contributed by atoms with Gasteiger partial charge in [0.25, 0.3) is 0 Å². The number of nitrogens with two attached hydrogens (primary N) is 1. The Kier molecular flexibility index (Phi) is 4.22. The highest BCUT2D eigenvalue weighted by molar-refractivity contribution is 5.61. The first-order chi connectivity index (χ1) is 8.76. The van der Waals surface area contributed by atoms with Gasteiger partial charge in [-0.3, -0.25) is 0 Å². The van der Waals surface area contributed by atoms with Crippen molar-refractivity contribution < 1.29 is 0 Å². The number of rotatable bonds is 2. The van der Waals surface area contributed by atoms with Crippen LogP contribution in [0.25, 0.3) is 0 Å². The number of nitriles is 1. The highest BCUT2D eigenvalue weighted by atomic mass is 15.2. The standard InChI is InChI=1S/C15H21N3/c1-12-5-3-2-4-8-18(12)15-7-6-13(10-16)9-14(15)11-17/h6-7,9,12H,2-5,8,10,16H2,1H3. The Balaban J connectivity index is 2.34. The molecule has 1 aliphatic rings. The maximum atomic E-state index is 9.31. The number of hydrogen-bond acceptors (Lipinski definition) is 3. The molecule has 1 aromatic carbocycles. The minimum absolute atomic E-state index is 0.491. The second kappa shape index (κ2) is 5.88. The molecule has 1 atom stereocenters. The lowest BCUT2D eigenvalue weighted by molar-refractivity contribution is 0.616. The fourth-order valence-electron chi connectivity index (χ4n) is 2.68. The Morgan fingerprint density at radius 1 is 1.39 bits per heavy atom. The van der Waals surface area contributed by atoms with E-state index < -0.39 is 0 Å². The summed E-state index contributed by atoms with van der Waals surface area (Å²) in [6.07, 6.45) is 5.02. The van der Waals surface area contributed by atoms with Crippen molar-refractivity contribution in [2.45, 2.75) is 45.2 Å². The van der Waals surface area contributed by atoms with Gasteiger partial charge >= 0.3 is 0 Å². The smallest absolute Gasteiger partial charge is 0.101 e. The molecule has 3 heteroatoms. The van der Waals surface area contributed by atoms with Gasteiger partial charge in [0, 0.05) is 19.1 Å². The molecule has 0 aliphatic carbocycles. The van der Waals surface area contributed by atoms with E-state index in [9.17, 15) is 5.26 Å². The predicted molar refractivity (Wildman–Crippen MR) is 74.3 cm³/mol. The van der Waals surface area contributed by atoms with Gasteiger partial charge in [0.05, 0.1) is 11.3 Å². The minimum Gasteiger partial charge on any atom is -0.368 e. The van der Waals surface area contributed by atoms with Crippen LogP contribution in [0.2, 0.25) is 0 Å². The molecule has 1 heterocycles. The third-order valence-corrected chi connectivity index (χ3v) is 3.78. The maximum absolute atomic E-state index is 9.31. The quantitative estimate of drug-likeness (QED) is 0.869. The van der Waals surface area contributed by atoms with E-state index in [-0.39, 0.29) is 0 Å². The summed E-state index contributed by atoms with van der Waals surface area (Å²) < 4.78 is 0. The molecule has 1 unspecified atom stereocenters. The fourth-order valence-corrected chi connectivity index (χ4v) is 2.68. The zero-order valence-corrected chi connectivity index (χ0v) is 11.0. The molecule has 2 N–H and O–H groups in total. The van der Waals surface area contributed by atoms with Crippen LogP contribution in [-0.4, -0.2) is 12.6 Å². The van der Waals surface area contributed by atoms with Crippen LogP contribution in [0.3, 0.4) is 0 Å². The molecule has 1 saturated heterocycles. The van der Waals surface area contributed by atoms with Crippen LogP contribution in [0, 0.1) is 11.3 Å². The Morgan fingerprint density at radius 2 is 2.22 bits per heavy atom. The van der Waals surface area contributed by atoms with Crippen molar-refractivity contribution >= 4 is 5.69 Å². The molecule has 1 aromatic rings. The van der Waals surface area contributed by atoms with Gasteiger partial charge in [-0.2, -0.15) is 5.26 Å². The molecule has 0 spiro atoms. The summed E-state index contributed by atoms with van der Waals surface area (Å²) >= 11 is 0. The van der Waals surface area contributed by atoms with Crippen molar-refractivity contribution in [3.05, 3.63) is 29.3 Å². The van der Waals surface area contributed by atoms with E-state index in [4.69, 9.17) is 5.73 Å². The highest BCUT2D eigenvalue weighted by Gasteiger charge is 2.19. The van der Waals surface area contributed by atoms with E-state index >= 15 is 0 Å². The Bertz CT molecular complexity index is 448. The predicted octanol–water partition coefficient (Wildman–Crippen LogP) is 2.79. The number of nitrogens with zero attached hydrogens (tertiary/aromatic N) is 2. The Hall–Kier alpha value is -1.53. The lowest BCUT2D eigenvalue weighted by Crippen LogP contribution is -2.33. The van der Waals surface area contributed by atoms with Gasteiger partial charge in [0.15, 0.2) is 0 Å². The van der Waals surface area contributed by atoms with Crippen LogP contribution >= 0.6 is 0 Å². The van der Waals surface area contributed by atoms with Crippen LogP contribution < -0.4 is 10.6 Å². The summed E-state index contributed by atoms with van der Waals surface area (Å²) in [6.45, 7) is 3.80. The molecule has 3 nitrogen and oxygen atoms in total. The number of benzene rings is 1. The van der Waals surface area contributed by atoms with E-state index in [1.165, 1.54) is 25.7 Å². The zero-order chi connectivity index (χ0) is 13.0. The molecule has 0 aromatic heterocycles. The summed E-state index contributed by atoms with van der Waals surface area (Å²) in [7, 11) is 0. The second-order valence-corrected chi connectivity index (χ2v) is 5.06. The van der Waals surface area contributed by atoms with Crippen molar-refractivity contribution in [1.82, 2.24) is 0 Å². The monoisotopic (exact) mass is 243 g/mol. The van der Waals surface area contributed by atoms with E-state index in [1.807, 2.05) is 12.1 Å². The first kappa shape index (κ1) is 12.9. The number of hydrogen-bond donors (Lipinski definition) is 1. The normalized spacial score (nSPS) is 20.3. The zero-order valence-electron chi connectivity index (χ0n) is 11.0. The van der Waals surface area contributed by atoms with E-state index in [2.05, 4.69) is 24.0 Å². The van der Waals surface area contributed by atoms with Crippen molar-refractivity contribution in [3.8, 4) is 6.07 Å². The molecule has 2 rings (SSSR count). The molecule has 0 bridgehead atoms. The lowest BCUT2D eigenvalue weighted by atomic mass is 10.1. The van der Waals surface area contributed by atoms with E-state index in [0.29, 0.717) is 12.6 Å². The summed E-state index contributed by atoms with van der Waals surface area (Å²) in [5.41, 5.74) is 8.49. The third-order valence-electron chi connectivity index (χ3n) is 3.78. The molecular weight excluding hydrogens is 222 g/mol. The van der Waals surface area contributed by atoms with Gasteiger partial charge in [0.2, 0.25) is 0 Å². The van der Waals surface area contributed by atoms with Crippen molar-refractivity contribution in [2.24, 2.45) is 5.73 Å². The SMILES string of the molecule is CC1CCCCCN1c1ccc(CN)cc1C#N. The largest absolute Gasteiger partial charge is 0.368 e. The van der Waals surface area contributed by atoms with Crippen molar-refractivity contribution in [3.63, 3.8) is 0 Å². The average molecular weight is 243 g/mol. The van der Waals surface area contributed by atoms with Gasteiger partial charge in [-0.15, -0.1) is 0 Å². The van der Waals surface area contributed by atoms with Crippen LogP contribution in [-0.2, 0) is 6.54 Å². The van der Waals surface area contributed by atoms with Crippen LogP contribution in [0.4, 0.5) is 5.69 Å². The Morgan fingerprint density at radius 3 is 2.94 bits per heavy atom. The van der Waals surface area contributed by atoms with Crippen LogP contribution in [0.15, 0.2) is 18.2 Å². The molecule has 1 fully saturated rings. The molecular formula is C15H21N3. The third kappa shape index (κ3) is 2.65. The molecule has 0 amide bonds. The molecule has 18 heavy (non-hydrogen) atoms. The van der Waals surface area contributed by atoms with Gasteiger partial charge in [-0.25, -0.2) is 0 Å². The van der Waals surface area contributed by atoms with Crippen LogP contribution in [0.1, 0.15) is 43.7 Å². The molecule has 1 aliphatic heterocycles. The fraction of sp³-hybridized carbons (Fsp3) is 0.533. The maximum Gasteiger partial charge on any atom is 0.101 e. The van der Waals surface area contributed by atoms with Crippen molar-refractivity contribution in [2.75, 3.05) is 11.4 Å². The average Bonchev–Trinajstić information content (AvgIpc) is 2.62. The van der Waals surface area contributed by atoms with Crippen LogP contribution in [0.5, 0.6) is 0 Å².